The largest absolute Gasteiger partial charge is 0.369 e. The first kappa shape index (κ1) is 10.5. The normalized spacial score (nSPS) is 14.5. The first-order valence-electron chi connectivity index (χ1n) is 4.22. The molecule has 11 heavy (non-hydrogen) atoms. The van der Waals surface area contributed by atoms with Gasteiger partial charge in [0.1, 0.15) is 0 Å². The smallest absolute Gasteiger partial charge is 0.223 e. The Morgan fingerprint density at radius 3 is 2.27 bits per heavy atom. The van der Waals surface area contributed by atoms with E-state index < -0.39 is 0 Å². The second-order valence-electron chi connectivity index (χ2n) is 3.78. The van der Waals surface area contributed by atoms with Gasteiger partial charge in [0.15, 0.2) is 0 Å². The molecule has 0 aromatic carbocycles. The third-order valence-electron chi connectivity index (χ3n) is 2.59. The fourth-order valence-electron chi connectivity index (χ4n) is 1.04. The summed E-state index contributed by atoms with van der Waals surface area (Å²) < 4.78 is 0. The summed E-state index contributed by atoms with van der Waals surface area (Å²) in [5, 5.41) is 0. The number of primary amides is 1. The third-order valence-corrected chi connectivity index (χ3v) is 2.59. The third kappa shape index (κ3) is 2.52. The predicted octanol–water partition coefficient (Wildman–Crippen LogP) is 1.93. The lowest BCUT2D eigenvalue weighted by atomic mass is 9.77. The van der Waals surface area contributed by atoms with Gasteiger partial charge in [0.05, 0.1) is 0 Å². The van der Waals surface area contributed by atoms with Gasteiger partial charge in [0.2, 0.25) is 5.91 Å². The van der Waals surface area contributed by atoms with Crippen LogP contribution in [0.1, 0.15) is 40.5 Å². The molecule has 1 unspecified atom stereocenters. The summed E-state index contributed by atoms with van der Waals surface area (Å²) in [7, 11) is 0. The lowest BCUT2D eigenvalue weighted by molar-refractivity contribution is -0.128. The van der Waals surface area contributed by atoms with Gasteiger partial charge in [-0.1, -0.05) is 34.1 Å². The zero-order chi connectivity index (χ0) is 9.07. The van der Waals surface area contributed by atoms with E-state index in [0.29, 0.717) is 5.92 Å². The zero-order valence-corrected chi connectivity index (χ0v) is 7.98. The highest BCUT2D eigenvalue weighted by Crippen LogP contribution is 2.29. The Morgan fingerprint density at radius 1 is 1.55 bits per heavy atom. The predicted molar refractivity (Wildman–Crippen MR) is 47.0 cm³/mol. The fraction of sp³-hybridized carbons (Fsp3) is 0.889. The Balaban J connectivity index is 4.17. The van der Waals surface area contributed by atoms with Gasteiger partial charge in [-0.2, -0.15) is 0 Å². The molecule has 1 amide bonds. The Kier molecular flexibility index (Phi) is 3.56. The number of hydrogen-bond acceptors (Lipinski definition) is 1. The van der Waals surface area contributed by atoms with Gasteiger partial charge in [-0.3, -0.25) is 4.79 Å². The molecule has 2 heteroatoms. The number of amides is 1. The number of carbonyl (C=O) groups is 1. The lowest BCUT2D eigenvalue weighted by Crippen LogP contribution is -2.37. The van der Waals surface area contributed by atoms with E-state index in [4.69, 9.17) is 5.73 Å². The van der Waals surface area contributed by atoms with Crippen molar-refractivity contribution in [1.82, 2.24) is 0 Å². The molecule has 0 aromatic rings. The molecule has 2 N–H and O–H groups in total. The van der Waals surface area contributed by atoms with Gasteiger partial charge < -0.3 is 5.73 Å². The van der Waals surface area contributed by atoms with Gasteiger partial charge in [-0.15, -0.1) is 0 Å². The minimum atomic E-state index is -0.351. The maximum atomic E-state index is 11.0. The molecular weight excluding hydrogens is 138 g/mol. The quantitative estimate of drug-likeness (QED) is 0.665. The van der Waals surface area contributed by atoms with Crippen molar-refractivity contribution in [2.75, 3.05) is 0 Å². The van der Waals surface area contributed by atoms with Gasteiger partial charge in [0, 0.05) is 5.41 Å². The van der Waals surface area contributed by atoms with Crippen molar-refractivity contribution >= 4 is 5.91 Å². The van der Waals surface area contributed by atoms with Gasteiger partial charge in [-0.05, 0) is 12.3 Å². The van der Waals surface area contributed by atoms with Crippen LogP contribution in [-0.2, 0) is 4.79 Å². The molecule has 0 aliphatic heterocycles. The van der Waals surface area contributed by atoms with Gasteiger partial charge in [-0.25, -0.2) is 0 Å². The molecule has 0 radical (unpaired) electrons. The Hall–Kier alpha value is -0.530. The average molecular weight is 157 g/mol. The Morgan fingerprint density at radius 2 is 2.00 bits per heavy atom. The molecular formula is C9H19NO. The van der Waals surface area contributed by atoms with Gasteiger partial charge >= 0.3 is 0 Å². The number of hydrogen-bond donors (Lipinski definition) is 1. The zero-order valence-electron chi connectivity index (χ0n) is 7.98. The van der Waals surface area contributed by atoms with Crippen molar-refractivity contribution in [3.63, 3.8) is 0 Å². The minimum Gasteiger partial charge on any atom is -0.369 e. The maximum Gasteiger partial charge on any atom is 0.223 e. The fourth-order valence-corrected chi connectivity index (χ4v) is 1.04. The summed E-state index contributed by atoms with van der Waals surface area (Å²) in [6.45, 7) is 8.02. The van der Waals surface area contributed by atoms with Crippen molar-refractivity contribution in [2.24, 2.45) is 17.1 Å². The first-order chi connectivity index (χ1) is 4.92. The monoisotopic (exact) mass is 157 g/mol. The summed E-state index contributed by atoms with van der Waals surface area (Å²) in [5.41, 5.74) is 4.91. The van der Waals surface area contributed by atoms with Crippen molar-refractivity contribution in [3.05, 3.63) is 0 Å². The summed E-state index contributed by atoms with van der Waals surface area (Å²) in [6.07, 6.45) is 2.17. The van der Waals surface area contributed by atoms with E-state index in [1.54, 1.807) is 0 Å². The topological polar surface area (TPSA) is 43.1 Å². The minimum absolute atomic E-state index is 0.196. The van der Waals surface area contributed by atoms with Crippen LogP contribution in [0.4, 0.5) is 0 Å². The number of nitrogens with two attached hydrogens (primary N) is 1. The molecule has 2 nitrogen and oxygen atoms in total. The molecule has 0 saturated heterocycles. The first-order valence-corrected chi connectivity index (χ1v) is 4.22. The van der Waals surface area contributed by atoms with Crippen LogP contribution in [0.5, 0.6) is 0 Å². The molecule has 0 aliphatic rings. The van der Waals surface area contributed by atoms with Crippen LogP contribution in [0.15, 0.2) is 0 Å². The second kappa shape index (κ2) is 3.74. The van der Waals surface area contributed by atoms with Crippen LogP contribution in [-0.4, -0.2) is 5.91 Å². The van der Waals surface area contributed by atoms with Crippen molar-refractivity contribution in [3.8, 4) is 0 Å². The van der Waals surface area contributed by atoms with Crippen LogP contribution < -0.4 is 5.73 Å². The highest BCUT2D eigenvalue weighted by atomic mass is 16.1. The molecule has 0 saturated carbocycles. The second-order valence-corrected chi connectivity index (χ2v) is 3.78. The van der Waals surface area contributed by atoms with E-state index in [-0.39, 0.29) is 11.3 Å². The van der Waals surface area contributed by atoms with Crippen LogP contribution in [0, 0.1) is 11.3 Å². The number of carbonyl (C=O) groups excluding carboxylic acids is 1. The van der Waals surface area contributed by atoms with Crippen LogP contribution in [0.3, 0.4) is 0 Å². The molecule has 0 fully saturated rings. The van der Waals surface area contributed by atoms with E-state index in [0.717, 1.165) is 12.8 Å². The molecule has 1 atom stereocenters. The van der Waals surface area contributed by atoms with E-state index in [1.807, 2.05) is 13.8 Å². The Labute approximate surface area is 69.2 Å². The SMILES string of the molecule is CCCC(C)C(C)(C)C(N)=O. The highest BCUT2D eigenvalue weighted by molar-refractivity contribution is 5.80. The molecule has 0 aliphatic carbocycles. The van der Waals surface area contributed by atoms with Crippen LogP contribution in [0.25, 0.3) is 0 Å². The van der Waals surface area contributed by atoms with Crippen LogP contribution >= 0.6 is 0 Å². The van der Waals surface area contributed by atoms with Crippen molar-refractivity contribution in [1.29, 1.82) is 0 Å². The van der Waals surface area contributed by atoms with E-state index in [9.17, 15) is 4.79 Å². The van der Waals surface area contributed by atoms with E-state index in [2.05, 4.69) is 13.8 Å². The van der Waals surface area contributed by atoms with E-state index >= 15 is 0 Å². The molecule has 0 aromatic heterocycles. The molecule has 0 heterocycles. The summed E-state index contributed by atoms with van der Waals surface area (Å²) in [5.74, 6) is 0.184. The summed E-state index contributed by atoms with van der Waals surface area (Å²) in [6, 6.07) is 0. The van der Waals surface area contributed by atoms with E-state index in [1.165, 1.54) is 0 Å². The highest BCUT2D eigenvalue weighted by Gasteiger charge is 2.30. The van der Waals surface area contributed by atoms with Crippen LogP contribution in [0.2, 0.25) is 0 Å². The standard InChI is InChI=1S/C9H19NO/c1-5-6-7(2)9(3,4)8(10)11/h7H,5-6H2,1-4H3,(H2,10,11). The van der Waals surface area contributed by atoms with Gasteiger partial charge in [0.25, 0.3) is 0 Å². The van der Waals surface area contributed by atoms with Crippen molar-refractivity contribution < 1.29 is 4.79 Å². The lowest BCUT2D eigenvalue weighted by Gasteiger charge is -2.27. The average Bonchev–Trinajstić information content (AvgIpc) is 1.88. The Bertz CT molecular complexity index is 140. The molecule has 0 rings (SSSR count). The molecule has 0 bridgehead atoms. The molecule has 0 spiro atoms. The summed E-state index contributed by atoms with van der Waals surface area (Å²) >= 11 is 0. The molecule has 66 valence electrons. The maximum absolute atomic E-state index is 11.0. The summed E-state index contributed by atoms with van der Waals surface area (Å²) in [4.78, 5) is 11.0. The van der Waals surface area contributed by atoms with Crippen molar-refractivity contribution in [2.45, 2.75) is 40.5 Å². The number of rotatable bonds is 4.